The van der Waals surface area contributed by atoms with Gasteiger partial charge in [0, 0.05) is 30.9 Å². The minimum Gasteiger partial charge on any atom is -0.458 e. The van der Waals surface area contributed by atoms with Crippen LogP contribution in [0.2, 0.25) is 0 Å². The SMILES string of the molecule is CCc1ccc(-c2nc(N)c3cc(CN4CCOCC4)sc3n2)o1. The van der Waals surface area contributed by atoms with E-state index in [2.05, 4.69) is 27.9 Å². The predicted molar refractivity (Wildman–Crippen MR) is 95.0 cm³/mol. The van der Waals surface area contributed by atoms with E-state index in [1.54, 1.807) is 11.3 Å². The van der Waals surface area contributed by atoms with Gasteiger partial charge in [0.1, 0.15) is 16.4 Å². The lowest BCUT2D eigenvalue weighted by molar-refractivity contribution is 0.0346. The van der Waals surface area contributed by atoms with Gasteiger partial charge >= 0.3 is 0 Å². The van der Waals surface area contributed by atoms with Gasteiger partial charge in [0.2, 0.25) is 0 Å². The average molecular weight is 344 g/mol. The van der Waals surface area contributed by atoms with Crippen LogP contribution < -0.4 is 5.73 Å². The van der Waals surface area contributed by atoms with Crippen LogP contribution in [0.25, 0.3) is 21.8 Å². The Morgan fingerprint density at radius 2 is 2.08 bits per heavy atom. The standard InChI is InChI=1S/C17H20N4O2S/c1-2-11-3-4-14(23-11)16-19-15(18)13-9-12(24-17(13)20-16)10-21-5-7-22-8-6-21/h3-4,9H,2,5-8,10H2,1H3,(H2,18,19,20). The van der Waals surface area contributed by atoms with E-state index >= 15 is 0 Å². The molecule has 3 aromatic heterocycles. The zero-order chi connectivity index (χ0) is 16.5. The molecule has 1 saturated heterocycles. The van der Waals surface area contributed by atoms with Gasteiger partial charge in [-0.2, -0.15) is 0 Å². The largest absolute Gasteiger partial charge is 0.458 e. The molecule has 0 aromatic carbocycles. The van der Waals surface area contributed by atoms with E-state index in [1.165, 1.54) is 4.88 Å². The van der Waals surface area contributed by atoms with Crippen LogP contribution in [0.3, 0.4) is 0 Å². The van der Waals surface area contributed by atoms with Crippen molar-refractivity contribution in [3.63, 3.8) is 0 Å². The van der Waals surface area contributed by atoms with E-state index in [1.807, 2.05) is 12.1 Å². The van der Waals surface area contributed by atoms with Crippen molar-refractivity contribution in [2.75, 3.05) is 32.0 Å². The third-order valence-corrected chi connectivity index (χ3v) is 5.20. The molecule has 4 rings (SSSR count). The Hall–Kier alpha value is -1.96. The molecule has 126 valence electrons. The number of morpholine rings is 1. The Morgan fingerprint density at radius 3 is 2.83 bits per heavy atom. The second kappa shape index (κ2) is 6.51. The first kappa shape index (κ1) is 15.6. The highest BCUT2D eigenvalue weighted by molar-refractivity contribution is 7.18. The Morgan fingerprint density at radius 1 is 1.25 bits per heavy atom. The molecule has 4 heterocycles. The maximum Gasteiger partial charge on any atom is 0.199 e. The lowest BCUT2D eigenvalue weighted by Gasteiger charge is -2.25. The van der Waals surface area contributed by atoms with Crippen molar-refractivity contribution in [2.45, 2.75) is 19.9 Å². The summed E-state index contributed by atoms with van der Waals surface area (Å²) in [5.74, 6) is 2.66. The normalized spacial score (nSPS) is 16.0. The fraction of sp³-hybridized carbons (Fsp3) is 0.412. The van der Waals surface area contributed by atoms with Gasteiger partial charge in [-0.3, -0.25) is 4.90 Å². The number of thiophene rings is 1. The van der Waals surface area contributed by atoms with Crippen LogP contribution in [0.1, 0.15) is 17.6 Å². The minimum absolute atomic E-state index is 0.508. The van der Waals surface area contributed by atoms with Crippen LogP contribution in [0.4, 0.5) is 5.82 Å². The molecule has 1 aliphatic heterocycles. The molecule has 1 aliphatic rings. The van der Waals surface area contributed by atoms with E-state index < -0.39 is 0 Å². The number of nitrogens with zero attached hydrogens (tertiary/aromatic N) is 3. The molecule has 7 heteroatoms. The molecule has 3 aromatic rings. The molecular formula is C17H20N4O2S. The van der Waals surface area contributed by atoms with Gasteiger partial charge < -0.3 is 14.9 Å². The van der Waals surface area contributed by atoms with Crippen LogP contribution in [0.15, 0.2) is 22.6 Å². The number of nitrogen functional groups attached to an aromatic ring is 1. The Bertz CT molecular complexity index is 852. The fourth-order valence-electron chi connectivity index (χ4n) is 2.85. The highest BCUT2D eigenvalue weighted by Crippen LogP contribution is 2.31. The second-order valence-electron chi connectivity index (χ2n) is 5.87. The molecule has 0 atom stereocenters. The van der Waals surface area contributed by atoms with E-state index in [9.17, 15) is 0 Å². The van der Waals surface area contributed by atoms with Gasteiger partial charge in [-0.15, -0.1) is 11.3 Å². The van der Waals surface area contributed by atoms with E-state index in [4.69, 9.17) is 14.9 Å². The fourth-order valence-corrected chi connectivity index (χ4v) is 3.93. The molecule has 24 heavy (non-hydrogen) atoms. The first-order valence-electron chi connectivity index (χ1n) is 8.18. The zero-order valence-electron chi connectivity index (χ0n) is 13.6. The molecule has 0 unspecified atom stereocenters. The smallest absolute Gasteiger partial charge is 0.199 e. The quantitative estimate of drug-likeness (QED) is 0.784. The number of fused-ring (bicyclic) bond motifs is 1. The second-order valence-corrected chi connectivity index (χ2v) is 6.99. The molecule has 0 aliphatic carbocycles. The number of rotatable bonds is 4. The third-order valence-electron chi connectivity index (χ3n) is 4.19. The molecule has 1 fully saturated rings. The maximum absolute atomic E-state index is 6.16. The van der Waals surface area contributed by atoms with Gasteiger partial charge in [0.25, 0.3) is 0 Å². The Balaban J connectivity index is 1.64. The summed E-state index contributed by atoms with van der Waals surface area (Å²) in [6.07, 6.45) is 0.848. The summed E-state index contributed by atoms with van der Waals surface area (Å²) in [4.78, 5) is 13.6. The number of hydrogen-bond donors (Lipinski definition) is 1. The highest BCUT2D eigenvalue weighted by Gasteiger charge is 2.16. The first-order chi connectivity index (χ1) is 11.7. The van der Waals surface area contributed by atoms with Crippen molar-refractivity contribution >= 4 is 27.4 Å². The predicted octanol–water partition coefficient (Wildman–Crippen LogP) is 2.93. The number of nitrogens with two attached hydrogens (primary N) is 1. The lowest BCUT2D eigenvalue weighted by Crippen LogP contribution is -2.35. The van der Waals surface area contributed by atoms with E-state index in [-0.39, 0.29) is 0 Å². The topological polar surface area (TPSA) is 77.4 Å². The maximum atomic E-state index is 6.16. The Labute approximate surface area is 144 Å². The summed E-state index contributed by atoms with van der Waals surface area (Å²) in [5, 5.41) is 0.925. The molecule has 0 amide bonds. The Kier molecular flexibility index (Phi) is 4.22. The molecule has 0 radical (unpaired) electrons. The molecule has 0 spiro atoms. The molecule has 6 nitrogen and oxygen atoms in total. The highest BCUT2D eigenvalue weighted by atomic mass is 32.1. The van der Waals surface area contributed by atoms with Crippen molar-refractivity contribution in [1.29, 1.82) is 0 Å². The minimum atomic E-state index is 0.508. The van der Waals surface area contributed by atoms with Crippen LogP contribution >= 0.6 is 11.3 Å². The number of furan rings is 1. The van der Waals surface area contributed by atoms with Gasteiger partial charge in [-0.05, 0) is 18.2 Å². The van der Waals surface area contributed by atoms with Crippen molar-refractivity contribution < 1.29 is 9.15 Å². The molecule has 0 saturated carbocycles. The van der Waals surface area contributed by atoms with Gasteiger partial charge in [-0.25, -0.2) is 9.97 Å². The van der Waals surface area contributed by atoms with Gasteiger partial charge in [0.05, 0.1) is 18.6 Å². The number of aryl methyl sites for hydroxylation is 1. The van der Waals surface area contributed by atoms with Crippen LogP contribution in [0.5, 0.6) is 0 Å². The number of anilines is 1. The number of hydrogen-bond acceptors (Lipinski definition) is 7. The summed E-state index contributed by atoms with van der Waals surface area (Å²) in [6, 6.07) is 5.97. The van der Waals surface area contributed by atoms with E-state index in [0.29, 0.717) is 17.4 Å². The van der Waals surface area contributed by atoms with Gasteiger partial charge in [0.15, 0.2) is 11.6 Å². The summed E-state index contributed by atoms with van der Waals surface area (Å²) < 4.78 is 11.2. The number of aromatic nitrogens is 2. The van der Waals surface area contributed by atoms with Crippen molar-refractivity contribution in [3.05, 3.63) is 28.8 Å². The van der Waals surface area contributed by atoms with Crippen molar-refractivity contribution in [2.24, 2.45) is 0 Å². The van der Waals surface area contributed by atoms with Crippen molar-refractivity contribution in [1.82, 2.24) is 14.9 Å². The van der Waals surface area contributed by atoms with Gasteiger partial charge in [-0.1, -0.05) is 6.92 Å². The van der Waals surface area contributed by atoms with Crippen LogP contribution in [-0.4, -0.2) is 41.2 Å². The molecule has 2 N–H and O–H groups in total. The summed E-state index contributed by atoms with van der Waals surface area (Å²) in [6.45, 7) is 6.49. The van der Waals surface area contributed by atoms with Crippen LogP contribution in [-0.2, 0) is 17.7 Å². The molecule has 0 bridgehead atoms. The van der Waals surface area contributed by atoms with E-state index in [0.717, 1.165) is 55.2 Å². The summed E-state index contributed by atoms with van der Waals surface area (Å²) in [7, 11) is 0. The summed E-state index contributed by atoms with van der Waals surface area (Å²) in [5.41, 5.74) is 6.16. The lowest BCUT2D eigenvalue weighted by atomic mass is 10.3. The zero-order valence-corrected chi connectivity index (χ0v) is 14.4. The van der Waals surface area contributed by atoms with Crippen LogP contribution in [0, 0.1) is 0 Å². The first-order valence-corrected chi connectivity index (χ1v) is 8.99. The average Bonchev–Trinajstić information content (AvgIpc) is 3.22. The monoisotopic (exact) mass is 344 g/mol. The third kappa shape index (κ3) is 3.02. The number of ether oxygens (including phenoxy) is 1. The molecular weight excluding hydrogens is 324 g/mol. The van der Waals surface area contributed by atoms with Crippen molar-refractivity contribution in [3.8, 4) is 11.6 Å². The summed E-state index contributed by atoms with van der Waals surface area (Å²) >= 11 is 1.67.